The van der Waals surface area contributed by atoms with Crippen molar-refractivity contribution in [3.8, 4) is 0 Å². The molecule has 2 unspecified atom stereocenters. The molecule has 1 saturated heterocycles. The van der Waals surface area contributed by atoms with Crippen LogP contribution in [0.2, 0.25) is 0 Å². The van der Waals surface area contributed by atoms with Crippen LogP contribution in [0.3, 0.4) is 0 Å². The number of benzene rings is 2. The van der Waals surface area contributed by atoms with Gasteiger partial charge in [-0.25, -0.2) is 0 Å². The SMILES string of the molecule is Cc1cnn(CC2CN(CC(O)COC(c3ccccc3)c3ccccc3)CCO2)c1. The summed E-state index contributed by atoms with van der Waals surface area (Å²) in [5, 5.41) is 15.0. The minimum atomic E-state index is -0.569. The summed E-state index contributed by atoms with van der Waals surface area (Å²) in [7, 11) is 0. The van der Waals surface area contributed by atoms with Gasteiger partial charge in [0.1, 0.15) is 6.10 Å². The quantitative estimate of drug-likeness (QED) is 0.575. The highest BCUT2D eigenvalue weighted by Crippen LogP contribution is 2.26. The molecule has 3 aromatic rings. The van der Waals surface area contributed by atoms with E-state index in [1.807, 2.05) is 60.4 Å². The Kier molecular flexibility index (Phi) is 7.48. The lowest BCUT2D eigenvalue weighted by atomic mass is 10.0. The molecule has 1 aliphatic heterocycles. The van der Waals surface area contributed by atoms with Crippen LogP contribution in [0.1, 0.15) is 22.8 Å². The average Bonchev–Trinajstić information content (AvgIpc) is 3.20. The predicted octanol–water partition coefficient (Wildman–Crippen LogP) is 3.06. The van der Waals surface area contributed by atoms with E-state index in [2.05, 4.69) is 34.3 Å². The molecule has 6 nitrogen and oxygen atoms in total. The molecular formula is C25H31N3O3. The van der Waals surface area contributed by atoms with Gasteiger partial charge in [-0.15, -0.1) is 0 Å². The summed E-state index contributed by atoms with van der Waals surface area (Å²) in [6, 6.07) is 20.3. The molecule has 0 saturated carbocycles. The van der Waals surface area contributed by atoms with E-state index in [9.17, 15) is 5.11 Å². The minimum absolute atomic E-state index is 0.0718. The molecule has 2 atom stereocenters. The first kappa shape index (κ1) is 21.7. The third kappa shape index (κ3) is 6.24. The molecule has 0 aliphatic carbocycles. The predicted molar refractivity (Wildman–Crippen MR) is 120 cm³/mol. The third-order valence-electron chi connectivity index (χ3n) is 5.50. The molecular weight excluding hydrogens is 390 g/mol. The fourth-order valence-electron chi connectivity index (χ4n) is 4.03. The molecule has 0 spiro atoms. The molecule has 2 aromatic carbocycles. The van der Waals surface area contributed by atoms with Gasteiger partial charge in [0.2, 0.25) is 0 Å². The number of hydrogen-bond acceptors (Lipinski definition) is 5. The first-order valence-corrected chi connectivity index (χ1v) is 10.9. The molecule has 1 N–H and O–H groups in total. The number of aliphatic hydroxyl groups excluding tert-OH is 1. The van der Waals surface area contributed by atoms with Crippen LogP contribution in [0.5, 0.6) is 0 Å². The summed E-state index contributed by atoms with van der Waals surface area (Å²) >= 11 is 0. The summed E-state index contributed by atoms with van der Waals surface area (Å²) in [6.45, 7) is 5.84. The Bertz CT molecular complexity index is 877. The second kappa shape index (κ2) is 10.7. The van der Waals surface area contributed by atoms with Crippen molar-refractivity contribution in [2.75, 3.05) is 32.8 Å². The fourth-order valence-corrected chi connectivity index (χ4v) is 4.03. The Labute approximate surface area is 184 Å². The summed E-state index contributed by atoms with van der Waals surface area (Å²) in [5.41, 5.74) is 3.32. The van der Waals surface area contributed by atoms with Gasteiger partial charge in [0.05, 0.1) is 38.2 Å². The Hall–Kier alpha value is -2.51. The molecule has 0 radical (unpaired) electrons. The van der Waals surface area contributed by atoms with E-state index >= 15 is 0 Å². The van der Waals surface area contributed by atoms with E-state index in [0.717, 1.165) is 36.3 Å². The molecule has 1 fully saturated rings. The monoisotopic (exact) mass is 421 g/mol. The molecule has 6 heteroatoms. The fraction of sp³-hybridized carbons (Fsp3) is 0.400. The lowest BCUT2D eigenvalue weighted by molar-refractivity contribution is -0.0616. The highest BCUT2D eigenvalue weighted by atomic mass is 16.5. The highest BCUT2D eigenvalue weighted by Gasteiger charge is 2.24. The maximum atomic E-state index is 10.7. The van der Waals surface area contributed by atoms with Crippen molar-refractivity contribution in [1.29, 1.82) is 0 Å². The molecule has 164 valence electrons. The van der Waals surface area contributed by atoms with Crippen LogP contribution in [0, 0.1) is 6.92 Å². The average molecular weight is 422 g/mol. The number of morpholine rings is 1. The summed E-state index contributed by atoms with van der Waals surface area (Å²) < 4.78 is 14.0. The van der Waals surface area contributed by atoms with Gasteiger partial charge < -0.3 is 14.6 Å². The van der Waals surface area contributed by atoms with Gasteiger partial charge in [-0.1, -0.05) is 60.7 Å². The van der Waals surface area contributed by atoms with E-state index in [1.165, 1.54) is 0 Å². The van der Waals surface area contributed by atoms with Crippen LogP contribution in [0.15, 0.2) is 73.1 Å². The Morgan fingerprint density at radius 3 is 2.39 bits per heavy atom. The Morgan fingerprint density at radius 2 is 1.77 bits per heavy atom. The summed E-state index contributed by atoms with van der Waals surface area (Å²) in [5.74, 6) is 0. The number of aliphatic hydroxyl groups is 1. The van der Waals surface area contributed by atoms with Crippen molar-refractivity contribution in [1.82, 2.24) is 14.7 Å². The van der Waals surface area contributed by atoms with Gasteiger partial charge >= 0.3 is 0 Å². The molecule has 4 rings (SSSR count). The van der Waals surface area contributed by atoms with Gasteiger partial charge in [0, 0.05) is 25.8 Å². The third-order valence-corrected chi connectivity index (χ3v) is 5.50. The zero-order chi connectivity index (χ0) is 21.5. The zero-order valence-electron chi connectivity index (χ0n) is 18.0. The number of rotatable bonds is 9. The smallest absolute Gasteiger partial charge is 0.108 e. The van der Waals surface area contributed by atoms with Crippen LogP contribution in [0.4, 0.5) is 0 Å². The minimum Gasteiger partial charge on any atom is -0.389 e. The largest absolute Gasteiger partial charge is 0.389 e. The zero-order valence-corrected chi connectivity index (χ0v) is 18.0. The highest BCUT2D eigenvalue weighted by molar-refractivity contribution is 5.29. The number of hydrogen-bond donors (Lipinski definition) is 1. The number of ether oxygens (including phenoxy) is 2. The maximum absolute atomic E-state index is 10.7. The van der Waals surface area contributed by atoms with Crippen molar-refractivity contribution >= 4 is 0 Å². The van der Waals surface area contributed by atoms with Crippen LogP contribution in [-0.4, -0.2) is 64.8 Å². The van der Waals surface area contributed by atoms with Crippen molar-refractivity contribution < 1.29 is 14.6 Å². The first-order valence-electron chi connectivity index (χ1n) is 10.9. The number of β-amino-alcohol motifs (C(OH)–C–C–N with tert-alkyl or cyclic N) is 1. The second-order valence-corrected chi connectivity index (χ2v) is 8.18. The van der Waals surface area contributed by atoms with E-state index in [-0.39, 0.29) is 18.8 Å². The first-order chi connectivity index (χ1) is 15.2. The van der Waals surface area contributed by atoms with Crippen LogP contribution < -0.4 is 0 Å². The molecule has 1 aliphatic rings. The molecule has 0 bridgehead atoms. The normalized spacial score (nSPS) is 18.4. The molecule has 1 aromatic heterocycles. The van der Waals surface area contributed by atoms with Crippen LogP contribution >= 0.6 is 0 Å². The van der Waals surface area contributed by atoms with Crippen molar-refractivity contribution in [2.24, 2.45) is 0 Å². The maximum Gasteiger partial charge on any atom is 0.108 e. The van der Waals surface area contributed by atoms with E-state index in [4.69, 9.17) is 9.47 Å². The van der Waals surface area contributed by atoms with Gasteiger partial charge in [-0.05, 0) is 23.6 Å². The summed E-state index contributed by atoms with van der Waals surface area (Å²) in [6.07, 6.45) is 3.19. The van der Waals surface area contributed by atoms with Crippen molar-refractivity contribution in [3.05, 3.63) is 89.7 Å². The van der Waals surface area contributed by atoms with Gasteiger partial charge in [0.15, 0.2) is 0 Å². The van der Waals surface area contributed by atoms with Gasteiger partial charge in [-0.2, -0.15) is 5.10 Å². The number of aryl methyl sites for hydroxylation is 1. The lowest BCUT2D eigenvalue weighted by Gasteiger charge is -2.34. The Balaban J connectivity index is 1.31. The Morgan fingerprint density at radius 1 is 1.10 bits per heavy atom. The standard InChI is InChI=1S/C25H31N3O3/c1-20-14-26-28(15-20)18-24-17-27(12-13-30-24)16-23(29)19-31-25(21-8-4-2-5-9-21)22-10-6-3-7-11-22/h2-11,14-15,23-25,29H,12-13,16-19H2,1H3. The van der Waals surface area contributed by atoms with Gasteiger partial charge in [-0.3, -0.25) is 9.58 Å². The topological polar surface area (TPSA) is 59.8 Å². The molecule has 2 heterocycles. The molecule has 31 heavy (non-hydrogen) atoms. The number of aromatic nitrogens is 2. The van der Waals surface area contributed by atoms with E-state index in [1.54, 1.807) is 0 Å². The van der Waals surface area contributed by atoms with Crippen LogP contribution in [0.25, 0.3) is 0 Å². The number of nitrogens with zero attached hydrogens (tertiary/aromatic N) is 3. The van der Waals surface area contributed by atoms with Crippen molar-refractivity contribution in [2.45, 2.75) is 31.8 Å². The van der Waals surface area contributed by atoms with E-state index in [0.29, 0.717) is 13.2 Å². The summed E-state index contributed by atoms with van der Waals surface area (Å²) in [4.78, 5) is 2.25. The van der Waals surface area contributed by atoms with Crippen LogP contribution in [-0.2, 0) is 16.0 Å². The van der Waals surface area contributed by atoms with Crippen molar-refractivity contribution in [3.63, 3.8) is 0 Å². The lowest BCUT2D eigenvalue weighted by Crippen LogP contribution is -2.47. The van der Waals surface area contributed by atoms with Gasteiger partial charge in [0.25, 0.3) is 0 Å². The second-order valence-electron chi connectivity index (χ2n) is 8.18. The molecule has 0 amide bonds. The van der Waals surface area contributed by atoms with E-state index < -0.39 is 6.10 Å².